The van der Waals surface area contributed by atoms with E-state index in [1.54, 1.807) is 7.05 Å². The lowest BCUT2D eigenvalue weighted by atomic mass is 9.99. The molecule has 7 nitrogen and oxygen atoms in total. The molecule has 2 N–H and O–H groups in total. The first-order valence-corrected chi connectivity index (χ1v) is 10.8. The second-order valence-corrected chi connectivity index (χ2v) is 7.08. The smallest absolute Gasteiger partial charge is 0.191 e. The molecule has 0 aliphatic carbocycles. The number of rotatable bonds is 13. The van der Waals surface area contributed by atoms with Crippen LogP contribution in [0, 0.1) is 0 Å². The van der Waals surface area contributed by atoms with Crippen LogP contribution in [0.3, 0.4) is 0 Å². The molecule has 0 atom stereocenters. The van der Waals surface area contributed by atoms with Gasteiger partial charge in [0.15, 0.2) is 11.7 Å². The van der Waals surface area contributed by atoms with E-state index in [4.69, 9.17) is 14.0 Å². The Morgan fingerprint density at radius 2 is 1.77 bits per heavy atom. The van der Waals surface area contributed by atoms with Gasteiger partial charge in [-0.3, -0.25) is 4.99 Å². The van der Waals surface area contributed by atoms with Crippen LogP contribution in [0.1, 0.15) is 62.1 Å². The third-order valence-corrected chi connectivity index (χ3v) is 4.93. The Kier molecular flexibility index (Phi) is 11.0. The molecule has 0 spiro atoms. The number of nitrogens with one attached hydrogen (secondary N) is 2. The predicted molar refractivity (Wildman–Crippen MR) is 119 cm³/mol. The van der Waals surface area contributed by atoms with Crippen molar-refractivity contribution >= 4 is 5.96 Å². The molecular weight excluding hydrogens is 380 g/mol. The molecule has 1 heterocycles. The minimum Gasteiger partial charge on any atom is -0.379 e. The van der Waals surface area contributed by atoms with Crippen molar-refractivity contribution in [2.24, 2.45) is 4.99 Å². The molecule has 0 amide bonds. The lowest BCUT2D eigenvalue weighted by molar-refractivity contribution is 0.0453. The Morgan fingerprint density at radius 3 is 2.50 bits per heavy atom. The number of ether oxygens (including phenoxy) is 2. The Balaban J connectivity index is 1.78. The van der Waals surface area contributed by atoms with Gasteiger partial charge in [0.05, 0.1) is 32.1 Å². The van der Waals surface area contributed by atoms with Crippen molar-refractivity contribution in [2.45, 2.75) is 59.2 Å². The van der Waals surface area contributed by atoms with E-state index in [1.807, 2.05) is 19.1 Å². The summed E-state index contributed by atoms with van der Waals surface area (Å²) in [7, 11) is 1.76. The quantitative estimate of drug-likeness (QED) is 0.292. The van der Waals surface area contributed by atoms with Crippen LogP contribution in [0.2, 0.25) is 0 Å². The predicted octanol–water partition coefficient (Wildman–Crippen LogP) is 4.00. The van der Waals surface area contributed by atoms with Crippen molar-refractivity contribution in [1.29, 1.82) is 0 Å². The highest BCUT2D eigenvalue weighted by Crippen LogP contribution is 2.22. The van der Waals surface area contributed by atoms with E-state index < -0.39 is 0 Å². The van der Waals surface area contributed by atoms with Crippen LogP contribution in [0.4, 0.5) is 0 Å². The molecule has 2 aromatic rings. The molecule has 166 valence electrons. The van der Waals surface area contributed by atoms with E-state index in [1.165, 1.54) is 5.56 Å². The van der Waals surface area contributed by atoms with Crippen LogP contribution in [0.15, 0.2) is 39.8 Å². The van der Waals surface area contributed by atoms with E-state index >= 15 is 0 Å². The highest BCUT2D eigenvalue weighted by Gasteiger charge is 2.13. The number of nitrogens with zero attached hydrogens (tertiary/aromatic N) is 2. The number of aromatic nitrogens is 1. The van der Waals surface area contributed by atoms with Gasteiger partial charge in [0.2, 0.25) is 0 Å². The second kappa shape index (κ2) is 13.8. The third kappa shape index (κ3) is 8.16. The molecule has 0 unspecified atom stereocenters. The minimum atomic E-state index is 0.454. The number of hydrogen-bond acceptors (Lipinski definition) is 5. The van der Waals surface area contributed by atoms with Crippen LogP contribution in [0.25, 0.3) is 0 Å². The van der Waals surface area contributed by atoms with Crippen LogP contribution in [-0.4, -0.2) is 38.0 Å². The van der Waals surface area contributed by atoms with Crippen molar-refractivity contribution in [3.8, 4) is 0 Å². The molecule has 0 fully saturated rings. The zero-order valence-electron chi connectivity index (χ0n) is 18.7. The lowest BCUT2D eigenvalue weighted by Crippen LogP contribution is -2.36. The summed E-state index contributed by atoms with van der Waals surface area (Å²) in [6, 6.07) is 10.4. The van der Waals surface area contributed by atoms with Gasteiger partial charge >= 0.3 is 0 Å². The summed E-state index contributed by atoms with van der Waals surface area (Å²) in [6.45, 7) is 10.1. The first-order chi connectivity index (χ1) is 14.7. The van der Waals surface area contributed by atoms with Gasteiger partial charge in [-0.2, -0.15) is 0 Å². The topological polar surface area (TPSA) is 80.9 Å². The fourth-order valence-corrected chi connectivity index (χ4v) is 3.17. The Hall–Kier alpha value is -2.38. The molecular formula is C23H36N4O3. The maximum atomic E-state index is 5.65. The Bertz CT molecular complexity index is 756. The van der Waals surface area contributed by atoms with Crippen LogP contribution in [-0.2, 0) is 29.2 Å². The van der Waals surface area contributed by atoms with Crippen molar-refractivity contribution in [1.82, 2.24) is 15.8 Å². The maximum Gasteiger partial charge on any atom is 0.191 e. The average molecular weight is 417 g/mol. The summed E-state index contributed by atoms with van der Waals surface area (Å²) in [5.74, 6) is 1.98. The monoisotopic (exact) mass is 416 g/mol. The first kappa shape index (κ1) is 23.9. The largest absolute Gasteiger partial charge is 0.379 e. The number of guanidine groups is 1. The number of benzene rings is 1. The molecule has 0 saturated carbocycles. The summed E-state index contributed by atoms with van der Waals surface area (Å²) < 4.78 is 16.4. The molecule has 7 heteroatoms. The summed E-state index contributed by atoms with van der Waals surface area (Å²) in [6.07, 6.45) is 2.13. The van der Waals surface area contributed by atoms with Gasteiger partial charge in [-0.05, 0) is 30.9 Å². The second-order valence-electron chi connectivity index (χ2n) is 7.08. The van der Waals surface area contributed by atoms with E-state index in [0.29, 0.717) is 44.8 Å². The van der Waals surface area contributed by atoms with Gasteiger partial charge in [0, 0.05) is 32.2 Å². The summed E-state index contributed by atoms with van der Waals surface area (Å²) in [4.78, 5) is 4.29. The fraction of sp³-hybridized carbons (Fsp3) is 0.565. The van der Waals surface area contributed by atoms with E-state index in [-0.39, 0.29) is 0 Å². The van der Waals surface area contributed by atoms with Gasteiger partial charge in [-0.25, -0.2) is 0 Å². The molecule has 0 aliphatic rings. The molecule has 1 aromatic heterocycles. The highest BCUT2D eigenvalue weighted by molar-refractivity contribution is 5.79. The van der Waals surface area contributed by atoms with Crippen LogP contribution >= 0.6 is 0 Å². The molecule has 0 radical (unpaired) electrons. The number of aliphatic imine (C=N–C) groups is 1. The van der Waals surface area contributed by atoms with E-state index in [9.17, 15) is 0 Å². The number of hydrogen-bond donors (Lipinski definition) is 2. The zero-order valence-corrected chi connectivity index (χ0v) is 18.7. The van der Waals surface area contributed by atoms with E-state index in [2.05, 4.69) is 52.8 Å². The lowest BCUT2D eigenvalue weighted by Gasteiger charge is -2.12. The zero-order chi connectivity index (χ0) is 21.6. The average Bonchev–Trinajstić information content (AvgIpc) is 3.24. The SMILES string of the molecule is CCOCCOCc1cccc(CNC(=NC)NCc2cc(C(CC)CC)no2)c1. The highest BCUT2D eigenvalue weighted by atomic mass is 16.5. The molecule has 0 bridgehead atoms. The molecule has 1 aromatic carbocycles. The first-order valence-electron chi connectivity index (χ1n) is 10.8. The van der Waals surface area contributed by atoms with Gasteiger partial charge in [-0.15, -0.1) is 0 Å². The Morgan fingerprint density at radius 1 is 1.03 bits per heavy atom. The van der Waals surface area contributed by atoms with Gasteiger partial charge in [0.1, 0.15) is 0 Å². The van der Waals surface area contributed by atoms with Gasteiger partial charge in [0.25, 0.3) is 0 Å². The summed E-state index contributed by atoms with van der Waals surface area (Å²) >= 11 is 0. The third-order valence-electron chi connectivity index (χ3n) is 4.93. The molecule has 2 rings (SSSR count). The standard InChI is InChI=1S/C23H36N4O3/c1-5-20(6-2)22-14-21(30-27-22)16-26-23(24-4)25-15-18-9-8-10-19(13-18)17-29-12-11-28-7-3/h8-10,13-14,20H,5-7,11-12,15-17H2,1-4H3,(H2,24,25,26). The van der Waals surface area contributed by atoms with Crippen molar-refractivity contribution in [3.63, 3.8) is 0 Å². The van der Waals surface area contributed by atoms with Crippen LogP contribution < -0.4 is 10.6 Å². The van der Waals surface area contributed by atoms with Crippen LogP contribution in [0.5, 0.6) is 0 Å². The normalized spacial score (nSPS) is 11.8. The molecule has 0 saturated heterocycles. The van der Waals surface area contributed by atoms with Gasteiger partial charge in [-0.1, -0.05) is 43.3 Å². The van der Waals surface area contributed by atoms with Gasteiger partial charge < -0.3 is 24.6 Å². The minimum absolute atomic E-state index is 0.454. The Labute approximate surface area is 180 Å². The van der Waals surface area contributed by atoms with Crippen molar-refractivity contribution in [2.75, 3.05) is 26.9 Å². The molecule has 0 aliphatic heterocycles. The fourth-order valence-electron chi connectivity index (χ4n) is 3.17. The van der Waals surface area contributed by atoms with E-state index in [0.717, 1.165) is 36.5 Å². The molecule has 30 heavy (non-hydrogen) atoms. The summed E-state index contributed by atoms with van der Waals surface area (Å²) in [5, 5.41) is 10.8. The van der Waals surface area contributed by atoms with Crippen molar-refractivity contribution < 1.29 is 14.0 Å². The van der Waals surface area contributed by atoms with Crippen molar-refractivity contribution in [3.05, 3.63) is 52.9 Å². The summed E-state index contributed by atoms with van der Waals surface area (Å²) in [5.41, 5.74) is 3.34. The maximum absolute atomic E-state index is 5.65.